The van der Waals surface area contributed by atoms with Crippen LogP contribution in [-0.2, 0) is 0 Å². The number of hydrogen-bond acceptors (Lipinski definition) is 5. The van der Waals surface area contributed by atoms with E-state index in [-0.39, 0.29) is 16.8 Å². The lowest BCUT2D eigenvalue weighted by Crippen LogP contribution is -2.04. The van der Waals surface area contributed by atoms with E-state index in [9.17, 15) is 9.59 Å². The molecule has 6 heteroatoms. The van der Waals surface area contributed by atoms with Crippen LogP contribution in [0.2, 0.25) is 0 Å². The summed E-state index contributed by atoms with van der Waals surface area (Å²) in [5, 5.41) is 8.67. The van der Waals surface area contributed by atoms with Crippen LogP contribution < -0.4 is 0 Å². The van der Waals surface area contributed by atoms with Crippen molar-refractivity contribution >= 4 is 23.5 Å². The normalized spacial score (nSPS) is 12.4. The van der Waals surface area contributed by atoms with Crippen LogP contribution in [0, 0.1) is 13.8 Å². The first-order chi connectivity index (χ1) is 9.86. The summed E-state index contributed by atoms with van der Waals surface area (Å²) in [4.78, 5) is 22.8. The standard InChI is InChI=1S/C15H16O5S/c1-7(16)12-8(2)19-9(3)13(12)14(21-4)10-5-6-11(20-10)15(17)18/h5-6,14H,1-4H3,(H,17,18). The highest BCUT2D eigenvalue weighted by Gasteiger charge is 2.28. The summed E-state index contributed by atoms with van der Waals surface area (Å²) in [5.74, 6) is 0.387. The van der Waals surface area contributed by atoms with E-state index in [1.165, 1.54) is 24.8 Å². The third-order valence-electron chi connectivity index (χ3n) is 3.25. The molecular formula is C15H16O5S. The van der Waals surface area contributed by atoms with E-state index in [0.29, 0.717) is 22.8 Å². The fraction of sp³-hybridized carbons (Fsp3) is 0.333. The molecule has 0 aliphatic heterocycles. The third kappa shape index (κ3) is 2.76. The number of carboxylic acids is 1. The first kappa shape index (κ1) is 15.4. The molecule has 1 unspecified atom stereocenters. The van der Waals surface area contributed by atoms with Gasteiger partial charge < -0.3 is 13.9 Å². The zero-order valence-electron chi connectivity index (χ0n) is 12.2. The molecule has 2 rings (SSSR count). The van der Waals surface area contributed by atoms with Crippen molar-refractivity contribution in [1.82, 2.24) is 0 Å². The van der Waals surface area contributed by atoms with Crippen molar-refractivity contribution in [2.24, 2.45) is 0 Å². The van der Waals surface area contributed by atoms with Gasteiger partial charge in [-0.05, 0) is 39.2 Å². The molecule has 0 bridgehead atoms. The van der Waals surface area contributed by atoms with Crippen molar-refractivity contribution in [3.05, 3.63) is 46.3 Å². The zero-order chi connectivity index (χ0) is 15.7. The Labute approximate surface area is 126 Å². The lowest BCUT2D eigenvalue weighted by atomic mass is 10.0. The SMILES string of the molecule is CSC(c1ccc(C(=O)O)o1)c1c(C)oc(C)c1C(C)=O. The maximum atomic E-state index is 11.9. The van der Waals surface area contributed by atoms with Gasteiger partial charge >= 0.3 is 5.97 Å². The van der Waals surface area contributed by atoms with E-state index in [0.717, 1.165) is 5.56 Å². The highest BCUT2D eigenvalue weighted by atomic mass is 32.2. The van der Waals surface area contributed by atoms with Gasteiger partial charge in [-0.1, -0.05) is 0 Å². The van der Waals surface area contributed by atoms with Gasteiger partial charge in [0.25, 0.3) is 0 Å². The highest BCUT2D eigenvalue weighted by molar-refractivity contribution is 7.99. The van der Waals surface area contributed by atoms with Crippen LogP contribution in [0.3, 0.4) is 0 Å². The molecule has 0 radical (unpaired) electrons. The van der Waals surface area contributed by atoms with Gasteiger partial charge in [0.05, 0.1) is 10.8 Å². The monoisotopic (exact) mass is 308 g/mol. The Morgan fingerprint density at radius 3 is 2.33 bits per heavy atom. The number of thioether (sulfide) groups is 1. The predicted octanol–water partition coefficient (Wildman–Crippen LogP) is 3.84. The summed E-state index contributed by atoms with van der Waals surface area (Å²) < 4.78 is 11.0. The van der Waals surface area contributed by atoms with Crippen LogP contribution in [0.1, 0.15) is 55.9 Å². The number of aromatic carboxylic acids is 1. The summed E-state index contributed by atoms with van der Waals surface area (Å²) in [6.45, 7) is 5.03. The second-order valence-electron chi connectivity index (χ2n) is 4.68. The molecule has 2 aromatic rings. The number of aryl methyl sites for hydroxylation is 2. The van der Waals surface area contributed by atoms with Gasteiger partial charge in [0.1, 0.15) is 17.3 Å². The number of hydrogen-bond donors (Lipinski definition) is 1. The molecule has 5 nitrogen and oxygen atoms in total. The lowest BCUT2D eigenvalue weighted by molar-refractivity contribution is 0.0660. The molecule has 0 aliphatic carbocycles. The second-order valence-corrected chi connectivity index (χ2v) is 5.63. The van der Waals surface area contributed by atoms with E-state index in [1.807, 2.05) is 6.26 Å². The van der Waals surface area contributed by atoms with Gasteiger partial charge in [-0.2, -0.15) is 0 Å². The maximum absolute atomic E-state index is 11.9. The number of carbonyl (C=O) groups excluding carboxylic acids is 1. The fourth-order valence-corrected chi connectivity index (χ4v) is 3.32. The van der Waals surface area contributed by atoms with Crippen molar-refractivity contribution in [3.63, 3.8) is 0 Å². The number of ketones is 1. The van der Waals surface area contributed by atoms with Gasteiger partial charge in [-0.3, -0.25) is 4.79 Å². The Morgan fingerprint density at radius 1 is 1.19 bits per heavy atom. The van der Waals surface area contributed by atoms with Gasteiger partial charge in [0.15, 0.2) is 5.78 Å². The molecule has 0 saturated heterocycles. The van der Waals surface area contributed by atoms with Crippen LogP contribution in [0.4, 0.5) is 0 Å². The predicted molar refractivity (Wildman–Crippen MR) is 79.2 cm³/mol. The largest absolute Gasteiger partial charge is 0.475 e. The average Bonchev–Trinajstić information content (AvgIpc) is 2.97. The fourth-order valence-electron chi connectivity index (χ4n) is 2.44. The molecule has 0 aromatic carbocycles. The molecule has 112 valence electrons. The van der Waals surface area contributed by atoms with Crippen LogP contribution in [0.5, 0.6) is 0 Å². The number of furan rings is 2. The third-order valence-corrected chi connectivity index (χ3v) is 4.19. The zero-order valence-corrected chi connectivity index (χ0v) is 13.0. The minimum atomic E-state index is -1.12. The van der Waals surface area contributed by atoms with E-state index in [4.69, 9.17) is 13.9 Å². The second kappa shape index (κ2) is 5.81. The number of carbonyl (C=O) groups is 2. The Morgan fingerprint density at radius 2 is 1.86 bits per heavy atom. The lowest BCUT2D eigenvalue weighted by Gasteiger charge is -2.13. The first-order valence-corrected chi connectivity index (χ1v) is 7.62. The Balaban J connectivity index is 2.56. The van der Waals surface area contributed by atoms with Crippen molar-refractivity contribution in [1.29, 1.82) is 0 Å². The molecule has 1 atom stereocenters. The van der Waals surface area contributed by atoms with Crippen LogP contribution in [0.15, 0.2) is 21.0 Å². The van der Waals surface area contributed by atoms with Crippen molar-refractivity contribution < 1.29 is 23.5 Å². The molecule has 0 saturated carbocycles. The minimum absolute atomic E-state index is 0.0802. The molecule has 0 fully saturated rings. The van der Waals surface area contributed by atoms with E-state index >= 15 is 0 Å². The van der Waals surface area contributed by atoms with Crippen LogP contribution in [0.25, 0.3) is 0 Å². The molecule has 1 N–H and O–H groups in total. The molecule has 0 aliphatic rings. The molecule has 0 amide bonds. The number of carboxylic acid groups (broad SMARTS) is 1. The summed E-state index contributed by atoms with van der Waals surface area (Å²) in [5.41, 5.74) is 1.29. The van der Waals surface area contributed by atoms with Crippen molar-refractivity contribution in [3.8, 4) is 0 Å². The van der Waals surface area contributed by atoms with E-state index in [2.05, 4.69) is 0 Å². The molecule has 0 spiro atoms. The summed E-state index contributed by atoms with van der Waals surface area (Å²) in [6, 6.07) is 3.03. The molecule has 2 aromatic heterocycles. The van der Waals surface area contributed by atoms with E-state index < -0.39 is 5.97 Å². The highest BCUT2D eigenvalue weighted by Crippen LogP contribution is 2.40. The summed E-state index contributed by atoms with van der Waals surface area (Å²) in [6.07, 6.45) is 1.87. The first-order valence-electron chi connectivity index (χ1n) is 6.33. The topological polar surface area (TPSA) is 80.7 Å². The minimum Gasteiger partial charge on any atom is -0.475 e. The summed E-state index contributed by atoms with van der Waals surface area (Å²) >= 11 is 1.46. The van der Waals surface area contributed by atoms with Crippen molar-refractivity contribution in [2.45, 2.75) is 26.0 Å². The van der Waals surface area contributed by atoms with E-state index in [1.54, 1.807) is 19.9 Å². The molecular weight excluding hydrogens is 292 g/mol. The number of rotatable bonds is 5. The van der Waals surface area contributed by atoms with Crippen LogP contribution >= 0.6 is 11.8 Å². The van der Waals surface area contributed by atoms with Gasteiger partial charge in [-0.15, -0.1) is 11.8 Å². The number of Topliss-reactive ketones (excluding diaryl/α,β-unsaturated/α-hetero) is 1. The maximum Gasteiger partial charge on any atom is 0.371 e. The Kier molecular flexibility index (Phi) is 4.27. The van der Waals surface area contributed by atoms with Gasteiger partial charge in [0.2, 0.25) is 5.76 Å². The Hall–Kier alpha value is -1.95. The average molecular weight is 308 g/mol. The smallest absolute Gasteiger partial charge is 0.371 e. The summed E-state index contributed by atoms with van der Waals surface area (Å²) in [7, 11) is 0. The van der Waals surface area contributed by atoms with Crippen molar-refractivity contribution in [2.75, 3.05) is 6.26 Å². The van der Waals surface area contributed by atoms with Crippen LogP contribution in [-0.4, -0.2) is 23.1 Å². The Bertz CT molecular complexity index is 695. The quantitative estimate of drug-likeness (QED) is 0.845. The molecule has 2 heterocycles. The van der Waals surface area contributed by atoms with Gasteiger partial charge in [0, 0.05) is 5.56 Å². The van der Waals surface area contributed by atoms with Gasteiger partial charge in [-0.25, -0.2) is 4.79 Å². The molecule has 21 heavy (non-hydrogen) atoms.